The third-order valence-corrected chi connectivity index (χ3v) is 4.17. The Labute approximate surface area is 87.4 Å². The molecule has 0 aromatic rings. The van der Waals surface area contributed by atoms with Crippen molar-refractivity contribution in [3.05, 3.63) is 0 Å². The molecule has 0 aromatic heterocycles. The van der Waals surface area contributed by atoms with Gasteiger partial charge in [0.15, 0.2) is 0 Å². The van der Waals surface area contributed by atoms with Gasteiger partial charge in [0.2, 0.25) is 0 Å². The van der Waals surface area contributed by atoms with E-state index in [9.17, 15) is 0 Å². The Morgan fingerprint density at radius 1 is 1.29 bits per heavy atom. The minimum Gasteiger partial charge on any atom is -0.379 e. The topological polar surface area (TPSA) is 47.3 Å². The van der Waals surface area contributed by atoms with Gasteiger partial charge in [-0.25, -0.2) is 0 Å². The molecule has 1 aliphatic carbocycles. The molecule has 1 fully saturated rings. The van der Waals surface area contributed by atoms with Crippen LogP contribution in [0.15, 0.2) is 0 Å². The largest absolute Gasteiger partial charge is 0.379 e. The molecule has 1 rings (SSSR count). The molecule has 3 nitrogen and oxygen atoms in total. The average Bonchev–Trinajstić information content (AvgIpc) is 2.48. The fourth-order valence-corrected chi connectivity index (χ4v) is 2.22. The lowest BCUT2D eigenvalue weighted by atomic mass is 10.0. The second-order valence-electron chi connectivity index (χ2n) is 5.38. The molecule has 1 saturated carbocycles. The molecule has 3 heteroatoms. The first kappa shape index (κ1) is 12.0. The van der Waals surface area contributed by atoms with Crippen molar-refractivity contribution in [2.45, 2.75) is 39.8 Å². The van der Waals surface area contributed by atoms with E-state index < -0.39 is 0 Å². The Morgan fingerprint density at radius 2 is 1.79 bits per heavy atom. The van der Waals surface area contributed by atoms with Gasteiger partial charge in [-0.3, -0.25) is 0 Å². The number of ether oxygens (including phenoxy) is 1. The predicted molar refractivity (Wildman–Crippen MR) is 59.2 cm³/mol. The Kier molecular flexibility index (Phi) is 3.24. The van der Waals surface area contributed by atoms with Crippen LogP contribution in [0.4, 0.5) is 0 Å². The summed E-state index contributed by atoms with van der Waals surface area (Å²) in [5.74, 6) is 0. The molecule has 0 bridgehead atoms. The number of nitrogens with one attached hydrogen (secondary N) is 1. The minimum atomic E-state index is 0.141. The van der Waals surface area contributed by atoms with Gasteiger partial charge >= 0.3 is 0 Å². The van der Waals surface area contributed by atoms with Gasteiger partial charge in [0.25, 0.3) is 0 Å². The number of methoxy groups -OCH3 is 1. The van der Waals surface area contributed by atoms with E-state index >= 15 is 0 Å². The smallest absolute Gasteiger partial charge is 0.0817 e. The number of nitrogens with two attached hydrogens (primary N) is 1. The molecule has 0 amide bonds. The predicted octanol–water partition coefficient (Wildman–Crippen LogP) is 0.984. The molecule has 3 N–H and O–H groups in total. The third kappa shape index (κ3) is 1.81. The first-order chi connectivity index (χ1) is 6.37. The summed E-state index contributed by atoms with van der Waals surface area (Å²) in [5.41, 5.74) is 6.34. The first-order valence-electron chi connectivity index (χ1n) is 5.34. The third-order valence-electron chi connectivity index (χ3n) is 4.17. The molecular weight excluding hydrogens is 176 g/mol. The number of rotatable bonds is 5. The van der Waals surface area contributed by atoms with Gasteiger partial charge in [0, 0.05) is 26.2 Å². The van der Waals surface area contributed by atoms with Gasteiger partial charge in [0.05, 0.1) is 6.10 Å². The van der Waals surface area contributed by atoms with Gasteiger partial charge in [-0.05, 0) is 10.8 Å². The normalized spacial score (nSPS) is 26.1. The maximum absolute atomic E-state index is 5.56. The molecule has 0 aromatic carbocycles. The average molecular weight is 200 g/mol. The van der Waals surface area contributed by atoms with Gasteiger partial charge < -0.3 is 15.8 Å². The summed E-state index contributed by atoms with van der Waals surface area (Å²) in [6.45, 7) is 10.6. The molecule has 84 valence electrons. The van der Waals surface area contributed by atoms with Crippen LogP contribution in [0.5, 0.6) is 0 Å². The van der Waals surface area contributed by atoms with E-state index in [-0.39, 0.29) is 6.10 Å². The van der Waals surface area contributed by atoms with E-state index in [1.807, 2.05) is 0 Å². The fraction of sp³-hybridized carbons (Fsp3) is 1.00. The number of hydrogen-bond acceptors (Lipinski definition) is 3. The van der Waals surface area contributed by atoms with Crippen LogP contribution in [0.1, 0.15) is 27.7 Å². The summed E-state index contributed by atoms with van der Waals surface area (Å²) in [4.78, 5) is 0. The lowest BCUT2D eigenvalue weighted by molar-refractivity contribution is 0.107. The molecule has 0 saturated heterocycles. The van der Waals surface area contributed by atoms with Crippen molar-refractivity contribution in [3.63, 3.8) is 0 Å². The molecule has 0 aliphatic heterocycles. The lowest BCUT2D eigenvalue weighted by Gasteiger charge is -2.14. The maximum atomic E-state index is 5.56. The van der Waals surface area contributed by atoms with Crippen LogP contribution >= 0.6 is 0 Å². The van der Waals surface area contributed by atoms with Crippen LogP contribution in [0.3, 0.4) is 0 Å². The summed E-state index contributed by atoms with van der Waals surface area (Å²) in [6, 6.07) is 0.583. The maximum Gasteiger partial charge on any atom is 0.0817 e. The Balaban J connectivity index is 2.35. The Bertz CT molecular complexity index is 183. The van der Waals surface area contributed by atoms with Crippen molar-refractivity contribution in [1.29, 1.82) is 0 Å². The molecule has 1 aliphatic rings. The molecule has 1 unspecified atom stereocenters. The van der Waals surface area contributed by atoms with Crippen molar-refractivity contribution in [3.8, 4) is 0 Å². The second-order valence-corrected chi connectivity index (χ2v) is 5.38. The van der Waals surface area contributed by atoms with E-state index in [1.165, 1.54) is 0 Å². The van der Waals surface area contributed by atoms with E-state index in [2.05, 4.69) is 33.0 Å². The van der Waals surface area contributed by atoms with E-state index in [0.717, 1.165) is 6.54 Å². The molecular formula is C11H24N2O. The minimum absolute atomic E-state index is 0.141. The van der Waals surface area contributed by atoms with Crippen molar-refractivity contribution >= 4 is 0 Å². The van der Waals surface area contributed by atoms with Crippen LogP contribution in [0, 0.1) is 10.8 Å². The SMILES string of the molecule is COC(CN)CNC1C(C)(C)C1(C)C. The summed E-state index contributed by atoms with van der Waals surface area (Å²) >= 11 is 0. The zero-order valence-electron chi connectivity index (χ0n) is 10.1. The second kappa shape index (κ2) is 3.80. The van der Waals surface area contributed by atoms with Crippen LogP contribution in [0.2, 0.25) is 0 Å². The van der Waals surface area contributed by atoms with Gasteiger partial charge in [-0.1, -0.05) is 27.7 Å². The first-order valence-corrected chi connectivity index (χ1v) is 5.34. The Hall–Kier alpha value is -0.120. The van der Waals surface area contributed by atoms with E-state index in [1.54, 1.807) is 7.11 Å². The van der Waals surface area contributed by atoms with Crippen LogP contribution in [0.25, 0.3) is 0 Å². The van der Waals surface area contributed by atoms with Crippen molar-refractivity contribution in [2.24, 2.45) is 16.6 Å². The summed E-state index contributed by atoms with van der Waals surface area (Å²) < 4.78 is 5.23. The zero-order chi connectivity index (χ0) is 11.0. The summed E-state index contributed by atoms with van der Waals surface area (Å²) in [5, 5.41) is 3.53. The Morgan fingerprint density at radius 3 is 2.07 bits per heavy atom. The van der Waals surface area contributed by atoms with E-state index in [0.29, 0.717) is 23.4 Å². The molecule has 0 radical (unpaired) electrons. The summed E-state index contributed by atoms with van der Waals surface area (Å²) in [7, 11) is 1.71. The van der Waals surface area contributed by atoms with Gasteiger partial charge in [-0.2, -0.15) is 0 Å². The highest BCUT2D eigenvalue weighted by Gasteiger charge is 2.64. The summed E-state index contributed by atoms with van der Waals surface area (Å²) in [6.07, 6.45) is 0.141. The van der Waals surface area contributed by atoms with Crippen LogP contribution < -0.4 is 11.1 Å². The van der Waals surface area contributed by atoms with Crippen molar-refractivity contribution in [2.75, 3.05) is 20.2 Å². The quantitative estimate of drug-likeness (QED) is 0.695. The van der Waals surface area contributed by atoms with Crippen molar-refractivity contribution in [1.82, 2.24) is 5.32 Å². The fourth-order valence-electron chi connectivity index (χ4n) is 2.22. The van der Waals surface area contributed by atoms with Crippen LogP contribution in [-0.4, -0.2) is 32.3 Å². The highest BCUT2D eigenvalue weighted by Crippen LogP contribution is 2.62. The molecule has 1 atom stereocenters. The highest BCUT2D eigenvalue weighted by molar-refractivity contribution is 5.17. The number of hydrogen-bond donors (Lipinski definition) is 2. The molecule has 0 heterocycles. The van der Waals surface area contributed by atoms with E-state index in [4.69, 9.17) is 10.5 Å². The molecule has 14 heavy (non-hydrogen) atoms. The molecule has 0 spiro atoms. The van der Waals surface area contributed by atoms with Crippen LogP contribution in [-0.2, 0) is 4.74 Å². The van der Waals surface area contributed by atoms with Crippen molar-refractivity contribution < 1.29 is 4.74 Å². The lowest BCUT2D eigenvalue weighted by Crippen LogP contribution is -2.37. The van der Waals surface area contributed by atoms with Gasteiger partial charge in [0.1, 0.15) is 0 Å². The van der Waals surface area contributed by atoms with Gasteiger partial charge in [-0.15, -0.1) is 0 Å². The monoisotopic (exact) mass is 200 g/mol. The highest BCUT2D eigenvalue weighted by atomic mass is 16.5. The zero-order valence-corrected chi connectivity index (χ0v) is 10.1. The standard InChI is InChI=1S/C11H24N2O/c1-10(2)9(11(10,3)4)13-7-8(6-12)14-5/h8-9,13H,6-7,12H2,1-5H3.